The van der Waals surface area contributed by atoms with Gasteiger partial charge in [0, 0.05) is 13.5 Å². The van der Waals surface area contributed by atoms with Gasteiger partial charge in [0.25, 0.3) is 0 Å². The Morgan fingerprint density at radius 3 is 2.72 bits per heavy atom. The summed E-state index contributed by atoms with van der Waals surface area (Å²) in [5.41, 5.74) is -0.176. The number of carbonyl (C=O) groups excluding carboxylic acids is 1. The Balaban J connectivity index is 2.67. The molecule has 0 spiro atoms. The molecule has 0 heterocycles. The smallest absolute Gasteiger partial charge is 0.344 e. The quantitative estimate of drug-likeness (QED) is 0.733. The molecule has 0 aliphatic heterocycles. The Morgan fingerprint density at radius 1 is 1.39 bits per heavy atom. The van der Waals surface area contributed by atoms with Gasteiger partial charge >= 0.3 is 5.97 Å². The van der Waals surface area contributed by atoms with Crippen molar-refractivity contribution in [2.75, 3.05) is 20.8 Å². The Labute approximate surface area is 106 Å². The highest BCUT2D eigenvalue weighted by molar-refractivity contribution is 5.92. The van der Waals surface area contributed by atoms with Crippen LogP contribution in [0.15, 0.2) is 18.2 Å². The van der Waals surface area contributed by atoms with Crippen molar-refractivity contribution in [1.82, 2.24) is 0 Å². The van der Waals surface area contributed by atoms with Gasteiger partial charge in [-0.1, -0.05) is 6.07 Å². The lowest BCUT2D eigenvalue weighted by Gasteiger charge is -2.11. The molecule has 4 nitrogen and oxygen atoms in total. The lowest BCUT2D eigenvalue weighted by molar-refractivity contribution is 0.0383. The summed E-state index contributed by atoms with van der Waals surface area (Å²) in [6.07, 6.45) is 0.541. The van der Waals surface area contributed by atoms with E-state index in [9.17, 15) is 9.18 Å². The SMILES string of the molecule is COc1cccc(F)c1C(=O)OCC[C@@H](C)OC. The minimum atomic E-state index is -0.728. The summed E-state index contributed by atoms with van der Waals surface area (Å²) in [6.45, 7) is 2.03. The molecule has 0 aromatic heterocycles. The number of hydrogen-bond acceptors (Lipinski definition) is 4. The van der Waals surface area contributed by atoms with Crippen LogP contribution in [0.4, 0.5) is 4.39 Å². The number of esters is 1. The highest BCUT2D eigenvalue weighted by Gasteiger charge is 2.19. The number of methoxy groups -OCH3 is 2. The van der Waals surface area contributed by atoms with Crippen LogP contribution < -0.4 is 4.74 Å². The Morgan fingerprint density at radius 2 is 2.11 bits per heavy atom. The summed E-state index contributed by atoms with van der Waals surface area (Å²) >= 11 is 0. The van der Waals surface area contributed by atoms with Crippen molar-refractivity contribution in [3.63, 3.8) is 0 Å². The molecule has 1 rings (SSSR count). The van der Waals surface area contributed by atoms with Crippen LogP contribution in [0, 0.1) is 5.82 Å². The molecule has 0 unspecified atom stereocenters. The Hall–Kier alpha value is -1.62. The molecule has 0 aliphatic rings. The van der Waals surface area contributed by atoms with Gasteiger partial charge < -0.3 is 14.2 Å². The molecule has 1 aromatic rings. The number of hydrogen-bond donors (Lipinski definition) is 0. The molecule has 0 saturated carbocycles. The minimum Gasteiger partial charge on any atom is -0.496 e. The summed E-state index contributed by atoms with van der Waals surface area (Å²) in [5.74, 6) is -1.22. The second-order valence-corrected chi connectivity index (χ2v) is 3.79. The summed E-state index contributed by atoms with van der Waals surface area (Å²) in [6, 6.07) is 4.17. The van der Waals surface area contributed by atoms with Crippen molar-refractivity contribution in [3.8, 4) is 5.75 Å². The van der Waals surface area contributed by atoms with Gasteiger partial charge in [0.05, 0.1) is 19.8 Å². The molecule has 100 valence electrons. The van der Waals surface area contributed by atoms with Crippen molar-refractivity contribution in [2.24, 2.45) is 0 Å². The van der Waals surface area contributed by atoms with Crippen LogP contribution in [0.1, 0.15) is 23.7 Å². The molecule has 0 fully saturated rings. The number of halogens is 1. The van der Waals surface area contributed by atoms with E-state index in [4.69, 9.17) is 14.2 Å². The normalized spacial score (nSPS) is 12.0. The van der Waals surface area contributed by atoms with E-state index in [2.05, 4.69) is 0 Å². The predicted molar refractivity (Wildman–Crippen MR) is 64.3 cm³/mol. The van der Waals surface area contributed by atoms with Crippen LogP contribution in [-0.2, 0) is 9.47 Å². The minimum absolute atomic E-state index is 0.0136. The molecule has 0 aliphatic carbocycles. The molecule has 5 heteroatoms. The zero-order valence-corrected chi connectivity index (χ0v) is 10.7. The Kier molecular flexibility index (Phi) is 5.58. The second kappa shape index (κ2) is 6.96. The predicted octanol–water partition coefficient (Wildman–Crippen LogP) is 2.42. The second-order valence-electron chi connectivity index (χ2n) is 3.79. The van der Waals surface area contributed by atoms with Crippen molar-refractivity contribution in [1.29, 1.82) is 0 Å². The van der Waals surface area contributed by atoms with Crippen molar-refractivity contribution in [2.45, 2.75) is 19.4 Å². The first-order chi connectivity index (χ1) is 8.60. The van der Waals surface area contributed by atoms with Crippen molar-refractivity contribution in [3.05, 3.63) is 29.6 Å². The zero-order valence-electron chi connectivity index (χ0n) is 10.7. The molecular formula is C13H17FO4. The number of benzene rings is 1. The van der Waals surface area contributed by atoms with Crippen LogP contribution in [0.25, 0.3) is 0 Å². The topological polar surface area (TPSA) is 44.8 Å². The van der Waals surface area contributed by atoms with Gasteiger partial charge in [-0.3, -0.25) is 0 Å². The lowest BCUT2D eigenvalue weighted by atomic mass is 10.2. The Bertz CT molecular complexity index is 406. The summed E-state index contributed by atoms with van der Waals surface area (Å²) in [4.78, 5) is 11.7. The van der Waals surface area contributed by atoms with Crippen LogP contribution in [0.3, 0.4) is 0 Å². The fourth-order valence-electron chi connectivity index (χ4n) is 1.38. The van der Waals surface area contributed by atoms with Gasteiger partial charge in [0.15, 0.2) is 0 Å². The first-order valence-electron chi connectivity index (χ1n) is 5.62. The van der Waals surface area contributed by atoms with E-state index >= 15 is 0 Å². The zero-order chi connectivity index (χ0) is 13.5. The van der Waals surface area contributed by atoms with E-state index in [1.165, 1.54) is 25.3 Å². The lowest BCUT2D eigenvalue weighted by Crippen LogP contribution is -2.14. The summed E-state index contributed by atoms with van der Waals surface area (Å²) < 4.78 is 28.5. The average molecular weight is 256 g/mol. The molecule has 0 amide bonds. The third kappa shape index (κ3) is 3.70. The maximum Gasteiger partial charge on any atom is 0.344 e. The highest BCUT2D eigenvalue weighted by atomic mass is 19.1. The van der Waals surface area contributed by atoms with E-state index in [0.29, 0.717) is 6.42 Å². The molecule has 1 aromatic carbocycles. The van der Waals surface area contributed by atoms with E-state index in [-0.39, 0.29) is 24.0 Å². The molecule has 0 N–H and O–H groups in total. The number of carbonyl (C=O) groups is 1. The molecule has 1 atom stereocenters. The van der Waals surface area contributed by atoms with E-state index in [1.807, 2.05) is 6.92 Å². The van der Waals surface area contributed by atoms with E-state index in [1.54, 1.807) is 7.11 Å². The molecule has 0 saturated heterocycles. The molecule has 0 radical (unpaired) electrons. The molecule has 18 heavy (non-hydrogen) atoms. The largest absolute Gasteiger partial charge is 0.496 e. The molecular weight excluding hydrogens is 239 g/mol. The first-order valence-corrected chi connectivity index (χ1v) is 5.62. The van der Waals surface area contributed by atoms with Gasteiger partial charge in [-0.2, -0.15) is 0 Å². The van der Waals surface area contributed by atoms with E-state index < -0.39 is 11.8 Å². The first kappa shape index (κ1) is 14.4. The third-order valence-electron chi connectivity index (χ3n) is 2.56. The average Bonchev–Trinajstić information content (AvgIpc) is 2.37. The third-order valence-corrected chi connectivity index (χ3v) is 2.56. The fraction of sp³-hybridized carbons (Fsp3) is 0.462. The van der Waals surface area contributed by atoms with Gasteiger partial charge in [-0.25, -0.2) is 9.18 Å². The van der Waals surface area contributed by atoms with Crippen LogP contribution >= 0.6 is 0 Å². The van der Waals surface area contributed by atoms with Crippen LogP contribution in [0.5, 0.6) is 5.75 Å². The monoisotopic (exact) mass is 256 g/mol. The molecule has 0 bridgehead atoms. The summed E-state index contributed by atoms with van der Waals surface area (Å²) in [5, 5.41) is 0. The summed E-state index contributed by atoms with van der Waals surface area (Å²) in [7, 11) is 2.95. The highest BCUT2D eigenvalue weighted by Crippen LogP contribution is 2.22. The van der Waals surface area contributed by atoms with Gasteiger partial charge in [0.1, 0.15) is 17.1 Å². The maximum atomic E-state index is 13.5. The fourth-order valence-corrected chi connectivity index (χ4v) is 1.38. The standard InChI is InChI=1S/C13H17FO4/c1-9(16-2)7-8-18-13(15)12-10(14)5-4-6-11(12)17-3/h4-6,9H,7-8H2,1-3H3/t9-/m1/s1. The number of rotatable bonds is 6. The number of ether oxygens (including phenoxy) is 3. The van der Waals surface area contributed by atoms with Gasteiger partial charge in [0.2, 0.25) is 0 Å². The van der Waals surface area contributed by atoms with E-state index in [0.717, 1.165) is 0 Å². The van der Waals surface area contributed by atoms with Crippen molar-refractivity contribution < 1.29 is 23.4 Å². The van der Waals surface area contributed by atoms with Gasteiger partial charge in [-0.15, -0.1) is 0 Å². The maximum absolute atomic E-state index is 13.5. The van der Waals surface area contributed by atoms with Crippen molar-refractivity contribution >= 4 is 5.97 Å². The van der Waals surface area contributed by atoms with Crippen LogP contribution in [0.2, 0.25) is 0 Å². The van der Waals surface area contributed by atoms with Crippen LogP contribution in [-0.4, -0.2) is 32.9 Å². The van der Waals surface area contributed by atoms with Gasteiger partial charge in [-0.05, 0) is 19.1 Å².